The SMILES string of the molecule is CCOc1ccc(-n2cc(C)cn2)cc1. The summed E-state index contributed by atoms with van der Waals surface area (Å²) in [4.78, 5) is 0. The first-order valence-electron chi connectivity index (χ1n) is 5.04. The summed E-state index contributed by atoms with van der Waals surface area (Å²) in [6.07, 6.45) is 3.84. The maximum atomic E-state index is 5.37. The molecule has 0 atom stereocenters. The van der Waals surface area contributed by atoms with Gasteiger partial charge in [-0.15, -0.1) is 0 Å². The van der Waals surface area contributed by atoms with E-state index in [1.54, 1.807) is 0 Å². The smallest absolute Gasteiger partial charge is 0.119 e. The lowest BCUT2D eigenvalue weighted by atomic mass is 10.3. The first kappa shape index (κ1) is 9.77. The molecule has 2 rings (SSSR count). The Morgan fingerprint density at radius 3 is 2.53 bits per heavy atom. The number of rotatable bonds is 3. The fourth-order valence-corrected chi connectivity index (χ4v) is 1.42. The molecule has 0 saturated heterocycles. The van der Waals surface area contributed by atoms with Gasteiger partial charge in [0.15, 0.2) is 0 Å². The molecule has 0 bridgehead atoms. The molecule has 0 radical (unpaired) electrons. The zero-order valence-electron chi connectivity index (χ0n) is 8.97. The summed E-state index contributed by atoms with van der Waals surface area (Å²) < 4.78 is 7.22. The fourth-order valence-electron chi connectivity index (χ4n) is 1.42. The van der Waals surface area contributed by atoms with Crippen LogP contribution < -0.4 is 4.74 Å². The van der Waals surface area contributed by atoms with E-state index in [0.29, 0.717) is 6.61 Å². The number of aryl methyl sites for hydroxylation is 1. The van der Waals surface area contributed by atoms with E-state index in [9.17, 15) is 0 Å². The Kier molecular flexibility index (Phi) is 2.72. The van der Waals surface area contributed by atoms with Crippen LogP contribution in [-0.4, -0.2) is 16.4 Å². The van der Waals surface area contributed by atoms with Gasteiger partial charge in [-0.05, 0) is 43.7 Å². The van der Waals surface area contributed by atoms with Gasteiger partial charge in [0, 0.05) is 6.20 Å². The lowest BCUT2D eigenvalue weighted by Crippen LogP contribution is -1.95. The molecule has 78 valence electrons. The summed E-state index contributed by atoms with van der Waals surface area (Å²) in [7, 11) is 0. The molecule has 0 saturated carbocycles. The zero-order chi connectivity index (χ0) is 10.7. The van der Waals surface area contributed by atoms with Crippen molar-refractivity contribution in [1.82, 2.24) is 9.78 Å². The van der Waals surface area contributed by atoms with E-state index in [0.717, 1.165) is 17.0 Å². The van der Waals surface area contributed by atoms with Gasteiger partial charge >= 0.3 is 0 Å². The number of aromatic nitrogens is 2. The Hall–Kier alpha value is -1.77. The maximum Gasteiger partial charge on any atom is 0.119 e. The average molecular weight is 202 g/mol. The van der Waals surface area contributed by atoms with Gasteiger partial charge in [0.25, 0.3) is 0 Å². The van der Waals surface area contributed by atoms with Crippen LogP contribution in [0.3, 0.4) is 0 Å². The molecule has 0 fully saturated rings. The van der Waals surface area contributed by atoms with Crippen molar-refractivity contribution in [3.05, 3.63) is 42.2 Å². The first-order chi connectivity index (χ1) is 7.29. The van der Waals surface area contributed by atoms with Crippen LogP contribution in [0.15, 0.2) is 36.7 Å². The Labute approximate surface area is 89.3 Å². The zero-order valence-corrected chi connectivity index (χ0v) is 8.97. The molecule has 1 heterocycles. The molecule has 2 aromatic rings. The van der Waals surface area contributed by atoms with Crippen molar-refractivity contribution in [2.24, 2.45) is 0 Å². The lowest BCUT2D eigenvalue weighted by molar-refractivity contribution is 0.340. The van der Waals surface area contributed by atoms with Crippen molar-refractivity contribution in [3.8, 4) is 11.4 Å². The van der Waals surface area contributed by atoms with Crippen LogP contribution in [0.5, 0.6) is 5.75 Å². The summed E-state index contributed by atoms with van der Waals surface area (Å²) in [5, 5.41) is 4.24. The van der Waals surface area contributed by atoms with Crippen LogP contribution in [0.2, 0.25) is 0 Å². The van der Waals surface area contributed by atoms with Crippen LogP contribution in [0.4, 0.5) is 0 Å². The van der Waals surface area contributed by atoms with E-state index >= 15 is 0 Å². The Balaban J connectivity index is 2.23. The average Bonchev–Trinajstić information content (AvgIpc) is 2.67. The molecule has 0 N–H and O–H groups in total. The van der Waals surface area contributed by atoms with E-state index in [2.05, 4.69) is 5.10 Å². The van der Waals surface area contributed by atoms with Crippen LogP contribution in [-0.2, 0) is 0 Å². The Morgan fingerprint density at radius 2 is 2.00 bits per heavy atom. The highest BCUT2D eigenvalue weighted by Gasteiger charge is 1.98. The molecular weight excluding hydrogens is 188 g/mol. The number of benzene rings is 1. The fraction of sp³-hybridized carbons (Fsp3) is 0.250. The minimum absolute atomic E-state index is 0.695. The molecule has 15 heavy (non-hydrogen) atoms. The van der Waals surface area contributed by atoms with Gasteiger partial charge in [-0.2, -0.15) is 5.10 Å². The van der Waals surface area contributed by atoms with Gasteiger partial charge < -0.3 is 4.74 Å². The molecular formula is C12H14N2O. The molecule has 0 aliphatic carbocycles. The standard InChI is InChI=1S/C12H14N2O/c1-3-15-12-6-4-11(5-7-12)14-9-10(2)8-13-14/h4-9H,3H2,1-2H3. The van der Waals surface area contributed by atoms with Crippen LogP contribution in [0.25, 0.3) is 5.69 Å². The number of ether oxygens (including phenoxy) is 1. The van der Waals surface area contributed by atoms with E-state index < -0.39 is 0 Å². The predicted molar refractivity (Wildman–Crippen MR) is 59.5 cm³/mol. The monoisotopic (exact) mass is 202 g/mol. The van der Waals surface area contributed by atoms with E-state index in [-0.39, 0.29) is 0 Å². The predicted octanol–water partition coefficient (Wildman–Crippen LogP) is 2.58. The minimum atomic E-state index is 0.695. The quantitative estimate of drug-likeness (QED) is 0.764. The second-order valence-electron chi connectivity index (χ2n) is 3.39. The second-order valence-corrected chi connectivity index (χ2v) is 3.39. The largest absolute Gasteiger partial charge is 0.494 e. The third kappa shape index (κ3) is 2.18. The van der Waals surface area contributed by atoms with Gasteiger partial charge in [0.05, 0.1) is 18.5 Å². The Bertz CT molecular complexity index is 431. The van der Waals surface area contributed by atoms with Gasteiger partial charge in [0.1, 0.15) is 5.75 Å². The van der Waals surface area contributed by atoms with Crippen molar-refractivity contribution in [2.45, 2.75) is 13.8 Å². The van der Waals surface area contributed by atoms with Gasteiger partial charge in [0.2, 0.25) is 0 Å². The Morgan fingerprint density at radius 1 is 1.27 bits per heavy atom. The number of hydrogen-bond acceptors (Lipinski definition) is 2. The molecule has 3 nitrogen and oxygen atoms in total. The second kappa shape index (κ2) is 4.17. The summed E-state index contributed by atoms with van der Waals surface area (Å²) >= 11 is 0. The summed E-state index contributed by atoms with van der Waals surface area (Å²) in [5.41, 5.74) is 2.20. The maximum absolute atomic E-state index is 5.37. The van der Waals surface area contributed by atoms with Gasteiger partial charge in [-0.3, -0.25) is 0 Å². The summed E-state index contributed by atoms with van der Waals surface area (Å²) in [5.74, 6) is 0.894. The van der Waals surface area contributed by atoms with E-state index in [1.807, 2.05) is 55.2 Å². The third-order valence-electron chi connectivity index (χ3n) is 2.12. The van der Waals surface area contributed by atoms with Crippen LogP contribution >= 0.6 is 0 Å². The first-order valence-corrected chi connectivity index (χ1v) is 5.04. The molecule has 1 aromatic carbocycles. The summed E-state index contributed by atoms with van der Waals surface area (Å²) in [6.45, 7) is 4.70. The highest BCUT2D eigenvalue weighted by Crippen LogP contribution is 2.14. The molecule has 0 unspecified atom stereocenters. The molecule has 0 amide bonds. The molecule has 0 spiro atoms. The normalized spacial score (nSPS) is 10.3. The van der Waals surface area contributed by atoms with Crippen molar-refractivity contribution >= 4 is 0 Å². The lowest BCUT2D eigenvalue weighted by Gasteiger charge is -2.04. The molecule has 0 aliphatic heterocycles. The minimum Gasteiger partial charge on any atom is -0.494 e. The van der Waals surface area contributed by atoms with Crippen LogP contribution in [0, 0.1) is 6.92 Å². The highest BCUT2D eigenvalue weighted by molar-refractivity contribution is 5.37. The molecule has 0 aliphatic rings. The molecule has 1 aromatic heterocycles. The van der Waals surface area contributed by atoms with Gasteiger partial charge in [-0.25, -0.2) is 4.68 Å². The topological polar surface area (TPSA) is 27.1 Å². The van der Waals surface area contributed by atoms with E-state index in [1.165, 1.54) is 0 Å². The molecule has 3 heteroatoms. The van der Waals surface area contributed by atoms with E-state index in [4.69, 9.17) is 4.74 Å². The van der Waals surface area contributed by atoms with Crippen molar-refractivity contribution in [1.29, 1.82) is 0 Å². The van der Waals surface area contributed by atoms with Crippen LogP contribution in [0.1, 0.15) is 12.5 Å². The summed E-state index contributed by atoms with van der Waals surface area (Å²) in [6, 6.07) is 7.90. The van der Waals surface area contributed by atoms with Gasteiger partial charge in [-0.1, -0.05) is 0 Å². The van der Waals surface area contributed by atoms with Crippen molar-refractivity contribution in [2.75, 3.05) is 6.61 Å². The van der Waals surface area contributed by atoms with Crippen molar-refractivity contribution < 1.29 is 4.74 Å². The third-order valence-corrected chi connectivity index (χ3v) is 2.12. The number of hydrogen-bond donors (Lipinski definition) is 0. The highest BCUT2D eigenvalue weighted by atomic mass is 16.5. The number of nitrogens with zero attached hydrogens (tertiary/aromatic N) is 2. The van der Waals surface area contributed by atoms with Crippen molar-refractivity contribution in [3.63, 3.8) is 0 Å².